The fraction of sp³-hybridized carbons (Fsp3) is 0.571. The normalized spacial score (nSPS) is 18.6. The van der Waals surface area contributed by atoms with Crippen LogP contribution in [0.4, 0.5) is 0 Å². The molecule has 1 saturated carbocycles. The van der Waals surface area contributed by atoms with Gasteiger partial charge < -0.3 is 9.84 Å². The Hall–Kier alpha value is -1.02. The number of rotatable bonds is 5. The van der Waals surface area contributed by atoms with E-state index < -0.39 is 0 Å². The molecule has 0 heterocycles. The van der Waals surface area contributed by atoms with E-state index in [0.717, 1.165) is 25.0 Å². The summed E-state index contributed by atoms with van der Waals surface area (Å²) in [6, 6.07) is 9.89. The predicted molar refractivity (Wildman–Crippen MR) is 64.5 cm³/mol. The highest BCUT2D eigenvalue weighted by atomic mass is 16.5. The summed E-state index contributed by atoms with van der Waals surface area (Å²) in [4.78, 5) is 0. The van der Waals surface area contributed by atoms with Crippen LogP contribution < -0.4 is 4.74 Å². The van der Waals surface area contributed by atoms with Crippen molar-refractivity contribution in [3.63, 3.8) is 0 Å². The number of aliphatic hydroxyl groups excluding tert-OH is 1. The first-order valence-corrected chi connectivity index (χ1v) is 6.13. The van der Waals surface area contributed by atoms with Gasteiger partial charge in [-0.05, 0) is 36.8 Å². The van der Waals surface area contributed by atoms with E-state index in [0.29, 0.717) is 13.2 Å². The summed E-state index contributed by atoms with van der Waals surface area (Å²) < 4.78 is 5.68. The average Bonchev–Trinajstić information content (AvgIpc) is 2.80. The summed E-state index contributed by atoms with van der Waals surface area (Å²) >= 11 is 0. The maximum Gasteiger partial charge on any atom is 0.119 e. The molecule has 0 amide bonds. The number of ether oxygens (including phenoxy) is 1. The summed E-state index contributed by atoms with van der Waals surface area (Å²) in [7, 11) is 0. The lowest BCUT2D eigenvalue weighted by atomic mass is 9.84. The highest BCUT2D eigenvalue weighted by molar-refractivity contribution is 5.20. The van der Waals surface area contributed by atoms with E-state index in [2.05, 4.69) is 0 Å². The summed E-state index contributed by atoms with van der Waals surface area (Å²) in [5.41, 5.74) is 0.148. The first kappa shape index (κ1) is 11.5. The maximum atomic E-state index is 9.46. The van der Waals surface area contributed by atoms with E-state index in [4.69, 9.17) is 4.74 Å². The Labute approximate surface area is 97.3 Å². The molecule has 1 aromatic rings. The quantitative estimate of drug-likeness (QED) is 0.826. The van der Waals surface area contributed by atoms with Crippen molar-refractivity contribution in [3.8, 4) is 5.75 Å². The van der Waals surface area contributed by atoms with Crippen LogP contribution in [0.5, 0.6) is 5.75 Å². The lowest BCUT2D eigenvalue weighted by molar-refractivity contribution is 0.101. The minimum Gasteiger partial charge on any atom is -0.494 e. The summed E-state index contributed by atoms with van der Waals surface area (Å²) in [5, 5.41) is 9.46. The molecule has 88 valence electrons. The molecule has 2 heteroatoms. The van der Waals surface area contributed by atoms with Gasteiger partial charge in [0.15, 0.2) is 0 Å². The summed E-state index contributed by atoms with van der Waals surface area (Å²) in [6.07, 6.45) is 5.79. The van der Waals surface area contributed by atoms with Crippen molar-refractivity contribution in [3.05, 3.63) is 30.3 Å². The summed E-state index contributed by atoms with van der Waals surface area (Å²) in [5.74, 6) is 0.925. The van der Waals surface area contributed by atoms with Gasteiger partial charge in [0.1, 0.15) is 5.75 Å². The third kappa shape index (κ3) is 2.76. The van der Waals surface area contributed by atoms with Crippen LogP contribution in [-0.4, -0.2) is 18.3 Å². The molecule has 2 rings (SSSR count). The fourth-order valence-corrected chi connectivity index (χ4v) is 2.51. The van der Waals surface area contributed by atoms with Crippen LogP contribution >= 0.6 is 0 Å². The topological polar surface area (TPSA) is 29.5 Å². The molecule has 0 unspecified atom stereocenters. The first-order valence-electron chi connectivity index (χ1n) is 6.13. The van der Waals surface area contributed by atoms with E-state index in [9.17, 15) is 5.11 Å². The van der Waals surface area contributed by atoms with Gasteiger partial charge in [-0.3, -0.25) is 0 Å². The van der Waals surface area contributed by atoms with E-state index >= 15 is 0 Å². The van der Waals surface area contributed by atoms with Gasteiger partial charge in [0.2, 0.25) is 0 Å². The van der Waals surface area contributed by atoms with Crippen molar-refractivity contribution >= 4 is 0 Å². The van der Waals surface area contributed by atoms with Crippen LogP contribution in [0.1, 0.15) is 32.1 Å². The van der Waals surface area contributed by atoms with E-state index in [1.54, 1.807) is 0 Å². The van der Waals surface area contributed by atoms with Crippen LogP contribution in [-0.2, 0) is 0 Å². The maximum absolute atomic E-state index is 9.46. The Balaban J connectivity index is 1.79. The third-order valence-electron chi connectivity index (χ3n) is 3.64. The van der Waals surface area contributed by atoms with Crippen LogP contribution in [0, 0.1) is 5.41 Å². The molecule has 0 saturated heterocycles. The fourth-order valence-electron chi connectivity index (χ4n) is 2.51. The smallest absolute Gasteiger partial charge is 0.119 e. The van der Waals surface area contributed by atoms with Gasteiger partial charge >= 0.3 is 0 Å². The number of aliphatic hydroxyl groups is 1. The van der Waals surface area contributed by atoms with Crippen molar-refractivity contribution in [1.82, 2.24) is 0 Å². The Kier molecular flexibility index (Phi) is 3.83. The van der Waals surface area contributed by atoms with Gasteiger partial charge in [-0.25, -0.2) is 0 Å². The Morgan fingerprint density at radius 3 is 2.44 bits per heavy atom. The molecular formula is C14H20O2. The number of benzene rings is 1. The second-order valence-corrected chi connectivity index (χ2v) is 4.78. The molecule has 0 aliphatic heterocycles. The molecule has 0 radical (unpaired) electrons. The predicted octanol–water partition coefficient (Wildman–Crippen LogP) is 3.01. The molecule has 1 fully saturated rings. The molecule has 16 heavy (non-hydrogen) atoms. The minimum atomic E-state index is 0.148. The number of hydrogen-bond acceptors (Lipinski definition) is 2. The van der Waals surface area contributed by atoms with Gasteiger partial charge in [0, 0.05) is 6.61 Å². The lowest BCUT2D eigenvalue weighted by Gasteiger charge is -2.26. The minimum absolute atomic E-state index is 0.148. The second kappa shape index (κ2) is 5.35. The lowest BCUT2D eigenvalue weighted by Crippen LogP contribution is -2.24. The standard InChI is InChI=1S/C14H20O2/c15-12-14(8-4-5-9-14)10-11-16-13-6-2-1-3-7-13/h1-3,6-7,15H,4-5,8-12H2. The molecule has 1 N–H and O–H groups in total. The Bertz CT molecular complexity index is 302. The van der Waals surface area contributed by atoms with Crippen molar-refractivity contribution < 1.29 is 9.84 Å². The van der Waals surface area contributed by atoms with Gasteiger partial charge in [-0.2, -0.15) is 0 Å². The van der Waals surface area contributed by atoms with E-state index in [1.165, 1.54) is 12.8 Å². The van der Waals surface area contributed by atoms with Crippen molar-refractivity contribution in [2.75, 3.05) is 13.2 Å². The molecule has 0 bridgehead atoms. The zero-order valence-corrected chi connectivity index (χ0v) is 9.69. The van der Waals surface area contributed by atoms with Gasteiger partial charge in [0.25, 0.3) is 0 Å². The number of hydrogen-bond donors (Lipinski definition) is 1. The molecule has 1 aromatic carbocycles. The second-order valence-electron chi connectivity index (χ2n) is 4.78. The molecule has 0 spiro atoms. The van der Waals surface area contributed by atoms with Crippen LogP contribution in [0.15, 0.2) is 30.3 Å². The van der Waals surface area contributed by atoms with E-state index in [-0.39, 0.29) is 5.41 Å². The molecule has 2 nitrogen and oxygen atoms in total. The molecule has 0 atom stereocenters. The summed E-state index contributed by atoms with van der Waals surface area (Å²) in [6.45, 7) is 1.02. The molecule has 1 aliphatic rings. The van der Waals surface area contributed by atoms with Gasteiger partial charge in [-0.1, -0.05) is 31.0 Å². The number of para-hydroxylation sites is 1. The highest BCUT2D eigenvalue weighted by Gasteiger charge is 2.32. The monoisotopic (exact) mass is 220 g/mol. The first-order chi connectivity index (χ1) is 7.85. The van der Waals surface area contributed by atoms with Crippen LogP contribution in [0.25, 0.3) is 0 Å². The van der Waals surface area contributed by atoms with Crippen LogP contribution in [0.2, 0.25) is 0 Å². The zero-order chi connectivity index (χ0) is 11.3. The zero-order valence-electron chi connectivity index (χ0n) is 9.69. The Morgan fingerprint density at radius 2 is 1.81 bits per heavy atom. The highest BCUT2D eigenvalue weighted by Crippen LogP contribution is 2.40. The van der Waals surface area contributed by atoms with Crippen molar-refractivity contribution in [2.45, 2.75) is 32.1 Å². The average molecular weight is 220 g/mol. The SMILES string of the molecule is OCC1(CCOc2ccccc2)CCCC1. The van der Waals surface area contributed by atoms with E-state index in [1.807, 2.05) is 30.3 Å². The van der Waals surface area contributed by atoms with Crippen molar-refractivity contribution in [2.24, 2.45) is 5.41 Å². The molecule has 1 aliphatic carbocycles. The van der Waals surface area contributed by atoms with Gasteiger partial charge in [-0.15, -0.1) is 0 Å². The van der Waals surface area contributed by atoms with Crippen molar-refractivity contribution in [1.29, 1.82) is 0 Å². The Morgan fingerprint density at radius 1 is 1.12 bits per heavy atom. The van der Waals surface area contributed by atoms with Gasteiger partial charge in [0.05, 0.1) is 6.61 Å². The molecular weight excluding hydrogens is 200 g/mol. The molecule has 0 aromatic heterocycles. The third-order valence-corrected chi connectivity index (χ3v) is 3.64. The largest absolute Gasteiger partial charge is 0.494 e. The van der Waals surface area contributed by atoms with Crippen LogP contribution in [0.3, 0.4) is 0 Å².